The molecule has 0 fully saturated rings. The highest BCUT2D eigenvalue weighted by Crippen LogP contribution is 2.14. The maximum atomic E-state index is 12.1. The first-order valence-electron chi connectivity index (χ1n) is 6.44. The Morgan fingerprint density at radius 1 is 1.60 bits per heavy atom. The van der Waals surface area contributed by atoms with Crippen LogP contribution in [0.2, 0.25) is 0 Å². The minimum Gasteiger partial charge on any atom is -0.338 e. The van der Waals surface area contributed by atoms with Gasteiger partial charge in [-0.3, -0.25) is 9.59 Å². The first-order valence-corrected chi connectivity index (χ1v) is 7.32. The molecule has 2 aromatic heterocycles. The Bertz CT molecular complexity index is 664. The number of nitrogens with two attached hydrogens (primary N) is 1. The normalized spacial score (nSPS) is 12.6. The van der Waals surface area contributed by atoms with Gasteiger partial charge in [0, 0.05) is 13.0 Å². The van der Waals surface area contributed by atoms with E-state index in [4.69, 9.17) is 5.73 Å². The van der Waals surface area contributed by atoms with Gasteiger partial charge in [-0.1, -0.05) is 6.92 Å². The summed E-state index contributed by atoms with van der Waals surface area (Å²) in [7, 11) is 1.70. The van der Waals surface area contributed by atoms with Crippen molar-refractivity contribution in [3.05, 3.63) is 27.6 Å². The average molecular weight is 294 g/mol. The number of H-pyrrole nitrogens is 1. The summed E-state index contributed by atoms with van der Waals surface area (Å²) in [5, 5.41) is 1.83. The highest BCUT2D eigenvalue weighted by atomic mass is 32.1. The van der Waals surface area contributed by atoms with Gasteiger partial charge in [0.1, 0.15) is 10.5 Å². The van der Waals surface area contributed by atoms with Crippen molar-refractivity contribution in [1.29, 1.82) is 0 Å². The van der Waals surface area contributed by atoms with Crippen LogP contribution in [0.3, 0.4) is 0 Å². The maximum Gasteiger partial charge on any atom is 0.268 e. The van der Waals surface area contributed by atoms with Gasteiger partial charge < -0.3 is 15.6 Å². The molecule has 0 aliphatic rings. The minimum atomic E-state index is -0.157. The monoisotopic (exact) mass is 294 g/mol. The van der Waals surface area contributed by atoms with Crippen molar-refractivity contribution in [1.82, 2.24) is 14.9 Å². The zero-order chi connectivity index (χ0) is 14.7. The average Bonchev–Trinajstić information content (AvgIpc) is 2.86. The van der Waals surface area contributed by atoms with Crippen molar-refractivity contribution < 1.29 is 4.79 Å². The maximum absolute atomic E-state index is 12.1. The SMILES string of the molecule is CC(CCN)C(=O)N(C)Cc1nc2ccsc2c(=O)[nH]1. The Morgan fingerprint density at radius 2 is 2.35 bits per heavy atom. The van der Waals surface area contributed by atoms with Crippen LogP contribution < -0.4 is 11.3 Å². The third-order valence-electron chi connectivity index (χ3n) is 3.15. The Morgan fingerprint density at radius 3 is 3.05 bits per heavy atom. The number of amides is 1. The van der Waals surface area contributed by atoms with E-state index < -0.39 is 0 Å². The van der Waals surface area contributed by atoms with E-state index in [0.717, 1.165) is 0 Å². The topological polar surface area (TPSA) is 92.1 Å². The fourth-order valence-corrected chi connectivity index (χ4v) is 2.77. The predicted molar refractivity (Wildman–Crippen MR) is 79.6 cm³/mol. The lowest BCUT2D eigenvalue weighted by Crippen LogP contribution is -2.33. The molecule has 0 aliphatic heterocycles. The van der Waals surface area contributed by atoms with E-state index in [1.54, 1.807) is 18.0 Å². The second kappa shape index (κ2) is 6.15. The molecule has 1 atom stereocenters. The van der Waals surface area contributed by atoms with Gasteiger partial charge in [-0.05, 0) is 24.4 Å². The van der Waals surface area contributed by atoms with Gasteiger partial charge in [0.2, 0.25) is 5.91 Å². The van der Waals surface area contributed by atoms with E-state index in [-0.39, 0.29) is 23.9 Å². The number of hydrogen-bond acceptors (Lipinski definition) is 5. The van der Waals surface area contributed by atoms with Crippen LogP contribution in [0.1, 0.15) is 19.2 Å². The van der Waals surface area contributed by atoms with E-state index in [1.807, 2.05) is 12.3 Å². The van der Waals surface area contributed by atoms with E-state index in [2.05, 4.69) is 9.97 Å². The van der Waals surface area contributed by atoms with Crippen LogP contribution in [-0.4, -0.2) is 34.4 Å². The summed E-state index contributed by atoms with van der Waals surface area (Å²) in [6, 6.07) is 1.80. The lowest BCUT2D eigenvalue weighted by atomic mass is 10.1. The fraction of sp³-hybridized carbons (Fsp3) is 0.462. The van der Waals surface area contributed by atoms with Gasteiger partial charge in [-0.2, -0.15) is 0 Å². The summed E-state index contributed by atoms with van der Waals surface area (Å²) < 4.78 is 0.610. The number of hydrogen-bond donors (Lipinski definition) is 2. The van der Waals surface area contributed by atoms with Crippen LogP contribution in [-0.2, 0) is 11.3 Å². The lowest BCUT2D eigenvalue weighted by molar-refractivity contribution is -0.134. The third-order valence-corrected chi connectivity index (χ3v) is 4.05. The first-order chi connectivity index (χ1) is 9.52. The Labute approximate surface area is 120 Å². The highest BCUT2D eigenvalue weighted by Gasteiger charge is 2.18. The van der Waals surface area contributed by atoms with Gasteiger partial charge >= 0.3 is 0 Å². The minimum absolute atomic E-state index is 0.00325. The van der Waals surface area contributed by atoms with Gasteiger partial charge in [-0.25, -0.2) is 4.98 Å². The van der Waals surface area contributed by atoms with Crippen molar-refractivity contribution >= 4 is 27.5 Å². The molecular formula is C13H18N4O2S. The van der Waals surface area contributed by atoms with Crippen LogP contribution in [0.15, 0.2) is 16.2 Å². The number of thiophene rings is 1. The summed E-state index contributed by atoms with van der Waals surface area (Å²) in [6.07, 6.45) is 0.649. The number of nitrogens with zero attached hydrogens (tertiary/aromatic N) is 2. The van der Waals surface area contributed by atoms with Crippen molar-refractivity contribution in [2.24, 2.45) is 11.7 Å². The largest absolute Gasteiger partial charge is 0.338 e. The quantitative estimate of drug-likeness (QED) is 0.858. The number of aromatic nitrogens is 2. The molecule has 6 nitrogen and oxygen atoms in total. The van der Waals surface area contributed by atoms with E-state index in [9.17, 15) is 9.59 Å². The fourth-order valence-electron chi connectivity index (χ4n) is 2.05. The van der Waals surface area contributed by atoms with Gasteiger partial charge in [-0.15, -0.1) is 11.3 Å². The molecule has 0 bridgehead atoms. The van der Waals surface area contributed by atoms with Gasteiger partial charge in [0.15, 0.2) is 0 Å². The summed E-state index contributed by atoms with van der Waals surface area (Å²) >= 11 is 1.36. The predicted octanol–water partition coefficient (Wildman–Crippen LogP) is 0.928. The molecule has 0 saturated carbocycles. The Kier molecular flexibility index (Phi) is 4.51. The van der Waals surface area contributed by atoms with E-state index in [0.29, 0.717) is 29.0 Å². The third kappa shape index (κ3) is 3.05. The summed E-state index contributed by atoms with van der Waals surface area (Å²) in [5.74, 6) is 0.377. The van der Waals surface area contributed by atoms with Crippen LogP contribution in [0.5, 0.6) is 0 Å². The van der Waals surface area contributed by atoms with Crippen LogP contribution >= 0.6 is 11.3 Å². The summed E-state index contributed by atoms with van der Waals surface area (Å²) in [5.41, 5.74) is 5.98. The molecule has 2 heterocycles. The molecule has 0 aromatic carbocycles. The van der Waals surface area contributed by atoms with Crippen molar-refractivity contribution in [3.63, 3.8) is 0 Å². The Hall–Kier alpha value is -1.73. The molecular weight excluding hydrogens is 276 g/mol. The van der Waals surface area contributed by atoms with E-state index in [1.165, 1.54) is 11.3 Å². The smallest absolute Gasteiger partial charge is 0.268 e. The van der Waals surface area contributed by atoms with Crippen LogP contribution in [0.4, 0.5) is 0 Å². The standard InChI is InChI=1S/C13H18N4O2S/c1-8(3-5-14)13(19)17(2)7-10-15-9-4-6-20-11(9)12(18)16-10/h4,6,8H,3,5,7,14H2,1-2H3,(H,15,16,18). The van der Waals surface area contributed by atoms with Crippen molar-refractivity contribution in [2.45, 2.75) is 19.9 Å². The lowest BCUT2D eigenvalue weighted by Gasteiger charge is -2.20. The second-order valence-corrected chi connectivity index (χ2v) is 5.74. The molecule has 20 heavy (non-hydrogen) atoms. The number of carbonyl (C=O) groups excluding carboxylic acids is 1. The molecule has 108 valence electrons. The van der Waals surface area contributed by atoms with E-state index >= 15 is 0 Å². The number of carbonyl (C=O) groups is 1. The summed E-state index contributed by atoms with van der Waals surface area (Å²) in [4.78, 5) is 32.6. The molecule has 2 rings (SSSR count). The highest BCUT2D eigenvalue weighted by molar-refractivity contribution is 7.17. The second-order valence-electron chi connectivity index (χ2n) is 4.82. The summed E-state index contributed by atoms with van der Waals surface area (Å²) in [6.45, 7) is 2.62. The van der Waals surface area contributed by atoms with Gasteiger partial charge in [0.05, 0.1) is 12.1 Å². The van der Waals surface area contributed by atoms with Crippen molar-refractivity contribution in [2.75, 3.05) is 13.6 Å². The molecule has 2 aromatic rings. The first kappa shape index (κ1) is 14.7. The molecule has 0 saturated heterocycles. The number of nitrogens with one attached hydrogen (secondary N) is 1. The molecule has 0 radical (unpaired) electrons. The van der Waals surface area contributed by atoms with Crippen molar-refractivity contribution in [3.8, 4) is 0 Å². The molecule has 1 amide bonds. The molecule has 0 spiro atoms. The molecule has 1 unspecified atom stereocenters. The van der Waals surface area contributed by atoms with Crippen LogP contribution in [0, 0.1) is 5.92 Å². The molecule has 7 heteroatoms. The molecule has 3 N–H and O–H groups in total. The zero-order valence-corrected chi connectivity index (χ0v) is 12.4. The van der Waals surface area contributed by atoms with Crippen LogP contribution in [0.25, 0.3) is 10.2 Å². The molecule has 0 aliphatic carbocycles. The Balaban J connectivity index is 2.15. The number of rotatable bonds is 5. The van der Waals surface area contributed by atoms with Gasteiger partial charge in [0.25, 0.3) is 5.56 Å². The number of aromatic amines is 1. The zero-order valence-electron chi connectivity index (χ0n) is 11.5. The number of fused-ring (bicyclic) bond motifs is 1.